The Morgan fingerprint density at radius 2 is 1.67 bits per heavy atom. The van der Waals surface area contributed by atoms with Gasteiger partial charge in [0, 0.05) is 18.8 Å². The number of nitrogens with zero attached hydrogens (tertiary/aromatic N) is 1. The third-order valence-corrected chi connectivity index (χ3v) is 3.57. The van der Waals surface area contributed by atoms with Crippen molar-refractivity contribution in [1.82, 2.24) is 0 Å². The quantitative estimate of drug-likeness (QED) is 0.753. The number of hydrogen-bond acceptors (Lipinski definition) is 2. The second kappa shape index (κ2) is 3.53. The summed E-state index contributed by atoms with van der Waals surface area (Å²) in [5.41, 5.74) is 5.50. The van der Waals surface area contributed by atoms with Gasteiger partial charge in [-0.1, -0.05) is 12.1 Å². The van der Waals surface area contributed by atoms with Crippen molar-refractivity contribution >= 4 is 5.69 Å². The summed E-state index contributed by atoms with van der Waals surface area (Å²) in [7, 11) is 0. The molecule has 1 aromatic rings. The Kier molecular flexibility index (Phi) is 2.17. The van der Waals surface area contributed by atoms with Crippen molar-refractivity contribution in [1.29, 1.82) is 0 Å². The Labute approximate surface area is 90.5 Å². The molecule has 1 aromatic carbocycles. The summed E-state index contributed by atoms with van der Waals surface area (Å²) in [4.78, 5) is 2.53. The number of aliphatic hydroxyl groups excluding tert-OH is 1. The Hall–Kier alpha value is -1.02. The lowest BCUT2D eigenvalue weighted by atomic mass is 9.90. The van der Waals surface area contributed by atoms with E-state index >= 15 is 0 Å². The van der Waals surface area contributed by atoms with Gasteiger partial charge in [0.1, 0.15) is 0 Å². The van der Waals surface area contributed by atoms with Crippen molar-refractivity contribution in [2.45, 2.75) is 32.3 Å². The van der Waals surface area contributed by atoms with Crippen LogP contribution in [0.2, 0.25) is 0 Å². The zero-order chi connectivity index (χ0) is 10.3. The van der Waals surface area contributed by atoms with Crippen molar-refractivity contribution in [3.05, 3.63) is 28.8 Å². The summed E-state index contributed by atoms with van der Waals surface area (Å²) in [5.74, 6) is 0. The van der Waals surface area contributed by atoms with E-state index in [4.69, 9.17) is 0 Å². The maximum atomic E-state index is 9.23. The Morgan fingerprint density at radius 1 is 1.07 bits per heavy atom. The number of hydrogen-bond donors (Lipinski definition) is 1. The van der Waals surface area contributed by atoms with Crippen molar-refractivity contribution in [2.24, 2.45) is 0 Å². The molecule has 80 valence electrons. The highest BCUT2D eigenvalue weighted by Gasteiger charge is 2.23. The lowest BCUT2D eigenvalue weighted by Gasteiger charge is -2.37. The van der Waals surface area contributed by atoms with Gasteiger partial charge >= 0.3 is 0 Å². The predicted molar refractivity (Wildman–Crippen MR) is 61.2 cm³/mol. The summed E-state index contributed by atoms with van der Waals surface area (Å²) in [6.07, 6.45) is 4.90. The van der Waals surface area contributed by atoms with Gasteiger partial charge in [0.2, 0.25) is 0 Å². The van der Waals surface area contributed by atoms with E-state index in [0.29, 0.717) is 0 Å². The number of benzene rings is 1. The molecule has 0 saturated carbocycles. The molecule has 15 heavy (non-hydrogen) atoms. The molecule has 2 heterocycles. The minimum absolute atomic E-state index is 0.181. The van der Waals surface area contributed by atoms with Crippen LogP contribution in [0.5, 0.6) is 0 Å². The minimum atomic E-state index is 0.181. The monoisotopic (exact) mass is 203 g/mol. The third-order valence-electron chi connectivity index (χ3n) is 3.57. The second-order valence-electron chi connectivity index (χ2n) is 4.61. The predicted octanol–water partition coefficient (Wildman–Crippen LogP) is 1.88. The number of aliphatic hydroxyl groups is 1. The van der Waals surface area contributed by atoms with Crippen molar-refractivity contribution in [3.8, 4) is 0 Å². The van der Waals surface area contributed by atoms with Gasteiger partial charge in [-0.25, -0.2) is 0 Å². The van der Waals surface area contributed by atoms with Crippen LogP contribution < -0.4 is 4.90 Å². The largest absolute Gasteiger partial charge is 0.392 e. The molecule has 0 amide bonds. The molecular weight excluding hydrogens is 186 g/mol. The zero-order valence-corrected chi connectivity index (χ0v) is 9.00. The van der Waals surface area contributed by atoms with E-state index in [2.05, 4.69) is 17.0 Å². The van der Waals surface area contributed by atoms with Crippen LogP contribution in [0.3, 0.4) is 0 Å². The first-order valence-electron chi connectivity index (χ1n) is 5.89. The third kappa shape index (κ3) is 1.44. The maximum Gasteiger partial charge on any atom is 0.0682 e. The molecule has 0 unspecified atom stereocenters. The SMILES string of the molecule is OCc1cc2c3c(c1)CCCN3CCC2. The molecule has 0 aromatic heterocycles. The van der Waals surface area contributed by atoms with Gasteiger partial charge < -0.3 is 10.0 Å². The molecule has 0 spiro atoms. The Balaban J connectivity index is 2.15. The van der Waals surface area contributed by atoms with Gasteiger partial charge in [0.15, 0.2) is 0 Å². The fourth-order valence-corrected chi connectivity index (χ4v) is 2.97. The number of rotatable bonds is 1. The van der Waals surface area contributed by atoms with E-state index in [-0.39, 0.29) is 6.61 Å². The van der Waals surface area contributed by atoms with Gasteiger partial charge in [0.05, 0.1) is 6.61 Å². The van der Waals surface area contributed by atoms with E-state index < -0.39 is 0 Å². The van der Waals surface area contributed by atoms with Crippen LogP contribution >= 0.6 is 0 Å². The Morgan fingerprint density at radius 3 is 2.20 bits per heavy atom. The van der Waals surface area contributed by atoms with Crippen LogP contribution in [0.1, 0.15) is 29.5 Å². The van der Waals surface area contributed by atoms with E-state index in [9.17, 15) is 5.11 Å². The molecule has 0 radical (unpaired) electrons. The average molecular weight is 203 g/mol. The van der Waals surface area contributed by atoms with Crippen LogP contribution in [0.25, 0.3) is 0 Å². The highest BCUT2D eigenvalue weighted by atomic mass is 16.3. The maximum absolute atomic E-state index is 9.23. The van der Waals surface area contributed by atoms with Gasteiger partial charge in [-0.05, 0) is 42.4 Å². The topological polar surface area (TPSA) is 23.5 Å². The van der Waals surface area contributed by atoms with Crippen LogP contribution in [0, 0.1) is 0 Å². The molecule has 2 aliphatic heterocycles. The molecule has 3 rings (SSSR count). The second-order valence-corrected chi connectivity index (χ2v) is 4.61. The summed E-state index contributed by atoms with van der Waals surface area (Å²) in [5, 5.41) is 9.23. The molecule has 1 N–H and O–H groups in total. The normalized spacial score (nSPS) is 18.9. The molecule has 0 fully saturated rings. The first kappa shape index (κ1) is 9.22. The van der Waals surface area contributed by atoms with E-state index in [1.807, 2.05) is 0 Å². The number of aryl methyl sites for hydroxylation is 2. The van der Waals surface area contributed by atoms with Crippen molar-refractivity contribution in [3.63, 3.8) is 0 Å². The molecule has 2 heteroatoms. The fraction of sp³-hybridized carbons (Fsp3) is 0.538. The molecule has 0 saturated heterocycles. The lowest BCUT2D eigenvalue weighted by molar-refractivity contribution is 0.281. The molecule has 0 atom stereocenters. The van der Waals surface area contributed by atoms with Gasteiger partial charge in [-0.3, -0.25) is 0 Å². The number of anilines is 1. The minimum Gasteiger partial charge on any atom is -0.392 e. The summed E-state index contributed by atoms with van der Waals surface area (Å²) >= 11 is 0. The summed E-state index contributed by atoms with van der Waals surface area (Å²) in [6.45, 7) is 2.62. The molecular formula is C13H17NO. The van der Waals surface area contributed by atoms with Gasteiger partial charge in [-0.15, -0.1) is 0 Å². The molecule has 0 bridgehead atoms. The smallest absolute Gasteiger partial charge is 0.0682 e. The van der Waals surface area contributed by atoms with Crippen LogP contribution in [0.15, 0.2) is 12.1 Å². The lowest BCUT2D eigenvalue weighted by Crippen LogP contribution is -2.34. The fourth-order valence-electron chi connectivity index (χ4n) is 2.97. The highest BCUT2D eigenvalue weighted by Crippen LogP contribution is 2.35. The van der Waals surface area contributed by atoms with Crippen LogP contribution in [-0.4, -0.2) is 18.2 Å². The first-order valence-corrected chi connectivity index (χ1v) is 5.89. The van der Waals surface area contributed by atoms with Gasteiger partial charge in [0.25, 0.3) is 0 Å². The van der Waals surface area contributed by atoms with Crippen LogP contribution in [-0.2, 0) is 19.4 Å². The Bertz CT molecular complexity index is 355. The average Bonchev–Trinajstić information content (AvgIpc) is 2.29. The van der Waals surface area contributed by atoms with E-state index in [1.165, 1.54) is 55.6 Å². The van der Waals surface area contributed by atoms with Crippen molar-refractivity contribution in [2.75, 3.05) is 18.0 Å². The molecule has 2 aliphatic rings. The highest BCUT2D eigenvalue weighted by molar-refractivity contribution is 5.63. The van der Waals surface area contributed by atoms with Crippen LogP contribution in [0.4, 0.5) is 5.69 Å². The standard InChI is InChI=1S/C13H17NO/c15-9-10-7-11-3-1-5-14-6-2-4-12(8-10)13(11)14/h7-8,15H,1-6,9H2. The summed E-state index contributed by atoms with van der Waals surface area (Å²) < 4.78 is 0. The van der Waals surface area contributed by atoms with Gasteiger partial charge in [-0.2, -0.15) is 0 Å². The summed E-state index contributed by atoms with van der Waals surface area (Å²) in [6, 6.07) is 4.38. The van der Waals surface area contributed by atoms with E-state index in [0.717, 1.165) is 5.56 Å². The first-order chi connectivity index (χ1) is 7.38. The zero-order valence-electron chi connectivity index (χ0n) is 9.00. The molecule has 0 aliphatic carbocycles. The van der Waals surface area contributed by atoms with E-state index in [1.54, 1.807) is 0 Å². The molecule has 2 nitrogen and oxygen atoms in total. The van der Waals surface area contributed by atoms with Crippen molar-refractivity contribution < 1.29 is 5.11 Å².